The van der Waals surface area contributed by atoms with Crippen molar-refractivity contribution in [3.8, 4) is 0 Å². The fourth-order valence-electron chi connectivity index (χ4n) is 4.34. The molecular formula is C29H46NO7+. The lowest BCUT2D eigenvalue weighted by Gasteiger charge is -2.28. The molecule has 0 aliphatic heterocycles. The summed E-state index contributed by atoms with van der Waals surface area (Å²) in [5.74, 6) is -2.75. The van der Waals surface area contributed by atoms with E-state index in [1.54, 1.807) is 12.2 Å². The number of hydrogen-bond donors (Lipinski definition) is 3. The average Bonchev–Trinajstić information content (AvgIpc) is 3.05. The monoisotopic (exact) mass is 520 g/mol. The summed E-state index contributed by atoms with van der Waals surface area (Å²) in [7, 11) is 5.65. The van der Waals surface area contributed by atoms with Gasteiger partial charge in [-0.3, -0.25) is 14.4 Å². The van der Waals surface area contributed by atoms with Crippen LogP contribution in [0.15, 0.2) is 48.6 Å². The molecule has 5 unspecified atom stereocenters. The minimum absolute atomic E-state index is 0.00758. The van der Waals surface area contributed by atoms with Crippen molar-refractivity contribution in [2.75, 3.05) is 27.7 Å². The number of rotatable bonds is 17. The smallest absolute Gasteiger partial charge is 0.307 e. The Kier molecular flexibility index (Phi) is 15.0. The van der Waals surface area contributed by atoms with Gasteiger partial charge < -0.3 is 24.5 Å². The molecule has 1 aliphatic rings. The zero-order valence-corrected chi connectivity index (χ0v) is 22.8. The lowest BCUT2D eigenvalue weighted by Crippen LogP contribution is -2.43. The van der Waals surface area contributed by atoms with Crippen LogP contribution >= 0.6 is 0 Å². The van der Waals surface area contributed by atoms with E-state index < -0.39 is 42.1 Å². The number of carboxylic acids is 1. The number of allylic oxidation sites excluding steroid dienone is 6. The van der Waals surface area contributed by atoms with E-state index in [2.05, 4.69) is 31.2 Å². The SMILES string of the molecule is CC/C=C/C/C=C/C/C=C/CC(O)/C=C/C1C(=O)CC(O)C1CCC(=O)OC(CC(=O)O)C[N+](C)(C)C. The number of aliphatic carboxylic acids is 1. The molecule has 208 valence electrons. The number of likely N-dealkylation sites (N-methyl/N-ethyl adjacent to an activating group) is 1. The van der Waals surface area contributed by atoms with Crippen LogP contribution in [-0.2, 0) is 19.1 Å². The van der Waals surface area contributed by atoms with E-state index in [4.69, 9.17) is 9.84 Å². The first-order valence-corrected chi connectivity index (χ1v) is 13.2. The summed E-state index contributed by atoms with van der Waals surface area (Å²) >= 11 is 0. The minimum Gasteiger partial charge on any atom is -0.481 e. The number of carboxylic acid groups (broad SMARTS) is 1. The van der Waals surface area contributed by atoms with Crippen LogP contribution in [0.5, 0.6) is 0 Å². The zero-order valence-electron chi connectivity index (χ0n) is 22.8. The molecule has 0 saturated heterocycles. The van der Waals surface area contributed by atoms with Crippen molar-refractivity contribution in [2.45, 2.75) is 76.6 Å². The lowest BCUT2D eigenvalue weighted by atomic mass is 9.89. The van der Waals surface area contributed by atoms with E-state index >= 15 is 0 Å². The van der Waals surface area contributed by atoms with Crippen LogP contribution in [0, 0.1) is 11.8 Å². The number of nitrogens with zero attached hydrogens (tertiary/aromatic N) is 1. The highest BCUT2D eigenvalue weighted by Crippen LogP contribution is 2.34. The van der Waals surface area contributed by atoms with E-state index in [1.807, 2.05) is 33.3 Å². The minimum atomic E-state index is -1.04. The van der Waals surface area contributed by atoms with Gasteiger partial charge in [0.05, 0.1) is 39.8 Å². The molecular weight excluding hydrogens is 474 g/mol. The maximum absolute atomic E-state index is 12.4. The summed E-state index contributed by atoms with van der Waals surface area (Å²) in [4.78, 5) is 36.0. The van der Waals surface area contributed by atoms with Crippen molar-refractivity contribution in [1.82, 2.24) is 0 Å². The lowest BCUT2D eigenvalue weighted by molar-refractivity contribution is -0.873. The highest BCUT2D eigenvalue weighted by Gasteiger charge is 2.40. The summed E-state index contributed by atoms with van der Waals surface area (Å²) in [6.07, 6.45) is 16.2. The fourth-order valence-corrected chi connectivity index (χ4v) is 4.34. The Morgan fingerprint density at radius 3 is 2.30 bits per heavy atom. The maximum atomic E-state index is 12.4. The van der Waals surface area contributed by atoms with Gasteiger partial charge in [0.2, 0.25) is 0 Å². The molecule has 0 aromatic carbocycles. The number of aliphatic hydroxyl groups excluding tert-OH is 2. The second-order valence-electron chi connectivity index (χ2n) is 10.6. The van der Waals surface area contributed by atoms with Crippen molar-refractivity contribution < 1.29 is 38.9 Å². The van der Waals surface area contributed by atoms with Crippen LogP contribution in [0.2, 0.25) is 0 Å². The van der Waals surface area contributed by atoms with Gasteiger partial charge in [-0.1, -0.05) is 55.5 Å². The third-order valence-corrected chi connectivity index (χ3v) is 6.07. The number of carbonyl (C=O) groups is 3. The molecule has 1 fully saturated rings. The number of ether oxygens (including phenoxy) is 1. The van der Waals surface area contributed by atoms with Gasteiger partial charge in [-0.05, 0) is 38.0 Å². The number of ketones is 1. The van der Waals surface area contributed by atoms with Crippen molar-refractivity contribution in [1.29, 1.82) is 0 Å². The first kappa shape index (κ1) is 32.5. The van der Waals surface area contributed by atoms with Crippen molar-refractivity contribution in [3.63, 3.8) is 0 Å². The van der Waals surface area contributed by atoms with Gasteiger partial charge in [0, 0.05) is 18.8 Å². The standard InChI is InChI=1S/C29H45NO7/c1-5-6-7-8-9-10-11-12-13-14-22(31)15-16-24-25(27(33)20-26(24)32)17-18-29(36)37-23(19-28(34)35)21-30(2,3)4/h6-7,9-10,12-13,15-16,22-25,27,31,33H,5,8,11,14,17-21H2,1-4H3/p+1/b7-6+,10-9+,13-12+,16-15+. The molecule has 5 atom stereocenters. The summed E-state index contributed by atoms with van der Waals surface area (Å²) < 4.78 is 5.86. The number of aliphatic hydroxyl groups is 2. The molecule has 1 rings (SSSR count). The van der Waals surface area contributed by atoms with Gasteiger partial charge in [-0.15, -0.1) is 0 Å². The van der Waals surface area contributed by atoms with Gasteiger partial charge in [0.25, 0.3) is 0 Å². The van der Waals surface area contributed by atoms with Crippen LogP contribution in [0.1, 0.15) is 58.3 Å². The number of quaternary nitrogens is 1. The molecule has 0 aromatic heterocycles. The van der Waals surface area contributed by atoms with Crippen molar-refractivity contribution in [2.24, 2.45) is 11.8 Å². The first-order chi connectivity index (χ1) is 17.4. The van der Waals surface area contributed by atoms with E-state index in [0.717, 1.165) is 19.3 Å². The van der Waals surface area contributed by atoms with Gasteiger partial charge in [0.1, 0.15) is 12.3 Å². The Morgan fingerprint density at radius 1 is 1.08 bits per heavy atom. The van der Waals surface area contributed by atoms with Gasteiger partial charge in [-0.2, -0.15) is 0 Å². The second kappa shape index (κ2) is 17.1. The van der Waals surface area contributed by atoms with Crippen LogP contribution in [-0.4, -0.2) is 83.5 Å². The molecule has 0 aromatic rings. The van der Waals surface area contributed by atoms with Gasteiger partial charge >= 0.3 is 11.9 Å². The predicted octanol–water partition coefficient (Wildman–Crippen LogP) is 3.59. The van der Waals surface area contributed by atoms with Crippen LogP contribution < -0.4 is 0 Å². The van der Waals surface area contributed by atoms with E-state index in [-0.39, 0.29) is 31.5 Å². The molecule has 0 heterocycles. The Hall–Kier alpha value is -2.55. The molecule has 0 amide bonds. The highest BCUT2D eigenvalue weighted by molar-refractivity contribution is 5.86. The number of Topliss-reactive ketones (excluding diaryl/α,β-unsaturated/α-hetero) is 1. The summed E-state index contributed by atoms with van der Waals surface area (Å²) in [5, 5.41) is 29.8. The average molecular weight is 521 g/mol. The topological polar surface area (TPSA) is 121 Å². The second-order valence-corrected chi connectivity index (χ2v) is 10.6. The summed E-state index contributed by atoms with van der Waals surface area (Å²) in [6, 6.07) is 0. The Labute approximate surface area is 221 Å². The molecule has 0 bridgehead atoms. The van der Waals surface area contributed by atoms with Gasteiger partial charge in [-0.25, -0.2) is 0 Å². The fraction of sp³-hybridized carbons (Fsp3) is 0.621. The molecule has 3 N–H and O–H groups in total. The van der Waals surface area contributed by atoms with Crippen molar-refractivity contribution >= 4 is 17.7 Å². The summed E-state index contributed by atoms with van der Waals surface area (Å²) in [5.41, 5.74) is 0. The predicted molar refractivity (Wildman–Crippen MR) is 144 cm³/mol. The quantitative estimate of drug-likeness (QED) is 0.152. The number of esters is 1. The van der Waals surface area contributed by atoms with Crippen LogP contribution in [0.4, 0.5) is 0 Å². The molecule has 0 radical (unpaired) electrons. The van der Waals surface area contributed by atoms with Crippen molar-refractivity contribution in [3.05, 3.63) is 48.6 Å². The molecule has 1 saturated carbocycles. The Bertz CT molecular complexity index is 838. The van der Waals surface area contributed by atoms with Gasteiger partial charge in [0.15, 0.2) is 6.10 Å². The zero-order chi connectivity index (χ0) is 27.8. The third kappa shape index (κ3) is 14.7. The Morgan fingerprint density at radius 2 is 1.70 bits per heavy atom. The molecule has 0 spiro atoms. The Balaban J connectivity index is 2.58. The molecule has 1 aliphatic carbocycles. The van der Waals surface area contributed by atoms with Crippen LogP contribution in [0.25, 0.3) is 0 Å². The van der Waals surface area contributed by atoms with E-state index in [0.29, 0.717) is 17.4 Å². The number of carbonyl (C=O) groups excluding carboxylic acids is 2. The van der Waals surface area contributed by atoms with E-state index in [9.17, 15) is 24.6 Å². The van der Waals surface area contributed by atoms with Crippen LogP contribution in [0.3, 0.4) is 0 Å². The number of hydrogen-bond acceptors (Lipinski definition) is 6. The molecule has 8 nitrogen and oxygen atoms in total. The third-order valence-electron chi connectivity index (χ3n) is 6.07. The normalized spacial score (nSPS) is 22.5. The maximum Gasteiger partial charge on any atom is 0.307 e. The first-order valence-electron chi connectivity index (χ1n) is 13.2. The molecule has 37 heavy (non-hydrogen) atoms. The largest absolute Gasteiger partial charge is 0.481 e. The highest BCUT2D eigenvalue weighted by atomic mass is 16.5. The molecule has 8 heteroatoms. The van der Waals surface area contributed by atoms with E-state index in [1.165, 1.54) is 0 Å². The summed E-state index contributed by atoms with van der Waals surface area (Å²) in [6.45, 7) is 2.45.